The van der Waals surface area contributed by atoms with Crippen molar-refractivity contribution in [2.45, 2.75) is 43.9 Å². The molecule has 0 amide bonds. The lowest BCUT2D eigenvalue weighted by molar-refractivity contribution is 0.0224. The molecule has 14 heavy (non-hydrogen) atoms. The number of aliphatic imine (C=N–C) groups is 1. The quantitative estimate of drug-likeness (QED) is 0.253. The fourth-order valence-corrected chi connectivity index (χ4v) is 1.57. The van der Waals surface area contributed by atoms with E-state index < -0.39 is 0 Å². The molecule has 4 N–H and O–H groups in total. The van der Waals surface area contributed by atoms with Crippen molar-refractivity contribution in [3.63, 3.8) is 0 Å². The van der Waals surface area contributed by atoms with Gasteiger partial charge in [0.1, 0.15) is 0 Å². The van der Waals surface area contributed by atoms with Gasteiger partial charge >= 0.3 is 0 Å². The second-order valence-electron chi connectivity index (χ2n) is 4.02. The van der Waals surface area contributed by atoms with Crippen molar-refractivity contribution in [1.82, 2.24) is 10.7 Å². The molecule has 0 unspecified atom stereocenters. The molecule has 2 aliphatic rings. The highest BCUT2D eigenvalue weighted by molar-refractivity contribution is 5.79. The molecule has 0 aromatic carbocycles. The number of ether oxygens (including phenoxy) is 1. The van der Waals surface area contributed by atoms with E-state index >= 15 is 0 Å². The van der Waals surface area contributed by atoms with Crippen molar-refractivity contribution in [3.8, 4) is 0 Å². The van der Waals surface area contributed by atoms with Gasteiger partial charge in [-0.25, -0.2) is 10.8 Å². The van der Waals surface area contributed by atoms with Crippen molar-refractivity contribution in [3.05, 3.63) is 0 Å². The first-order valence-corrected chi connectivity index (χ1v) is 5.15. The monoisotopic (exact) mass is 198 g/mol. The average Bonchev–Trinajstić information content (AvgIpc) is 2.92. The summed E-state index contributed by atoms with van der Waals surface area (Å²) in [5, 5.41) is 3.27. The molecule has 2 fully saturated rings. The Kier molecular flexibility index (Phi) is 2.88. The van der Waals surface area contributed by atoms with Crippen molar-refractivity contribution in [2.75, 3.05) is 7.11 Å². The van der Waals surface area contributed by atoms with Crippen LogP contribution in [0.2, 0.25) is 0 Å². The topological polar surface area (TPSA) is 71.7 Å². The van der Waals surface area contributed by atoms with Crippen molar-refractivity contribution >= 4 is 5.96 Å². The van der Waals surface area contributed by atoms with Gasteiger partial charge in [0.15, 0.2) is 0 Å². The molecule has 80 valence electrons. The van der Waals surface area contributed by atoms with E-state index in [0.29, 0.717) is 18.2 Å². The van der Waals surface area contributed by atoms with Gasteiger partial charge < -0.3 is 10.1 Å². The summed E-state index contributed by atoms with van der Waals surface area (Å²) in [7, 11) is 1.75. The fourth-order valence-electron chi connectivity index (χ4n) is 1.57. The maximum absolute atomic E-state index is 5.37. The summed E-state index contributed by atoms with van der Waals surface area (Å²) in [4.78, 5) is 4.41. The van der Waals surface area contributed by atoms with Crippen LogP contribution in [-0.4, -0.2) is 31.3 Å². The van der Waals surface area contributed by atoms with Crippen LogP contribution >= 0.6 is 0 Å². The van der Waals surface area contributed by atoms with Crippen molar-refractivity contribution in [1.29, 1.82) is 0 Å². The van der Waals surface area contributed by atoms with Gasteiger partial charge in [-0.05, 0) is 25.7 Å². The minimum absolute atomic E-state index is 0.410. The smallest absolute Gasteiger partial charge is 0.206 e. The Hall–Kier alpha value is -0.810. The van der Waals surface area contributed by atoms with Gasteiger partial charge in [0, 0.05) is 13.2 Å². The number of nitrogens with zero attached hydrogens (tertiary/aromatic N) is 1. The Balaban J connectivity index is 1.73. The molecule has 2 aliphatic carbocycles. The fraction of sp³-hybridized carbons (Fsp3) is 0.889. The van der Waals surface area contributed by atoms with E-state index in [0.717, 1.165) is 18.8 Å². The first-order valence-electron chi connectivity index (χ1n) is 5.15. The number of hydrogen-bond acceptors (Lipinski definition) is 3. The third-order valence-corrected chi connectivity index (χ3v) is 2.76. The van der Waals surface area contributed by atoms with Crippen LogP contribution in [0.3, 0.4) is 0 Å². The van der Waals surface area contributed by atoms with Crippen LogP contribution in [0.1, 0.15) is 25.7 Å². The Bertz CT molecular complexity index is 221. The number of nitrogens with two attached hydrogens (primary N) is 1. The number of nitrogens with one attached hydrogen (secondary N) is 2. The van der Waals surface area contributed by atoms with Crippen LogP contribution in [0.5, 0.6) is 0 Å². The van der Waals surface area contributed by atoms with Gasteiger partial charge in [0.2, 0.25) is 5.96 Å². The molecule has 0 aromatic heterocycles. The van der Waals surface area contributed by atoms with E-state index in [1.165, 1.54) is 12.8 Å². The molecule has 2 rings (SSSR count). The third kappa shape index (κ3) is 2.36. The molecule has 0 aliphatic heterocycles. The summed E-state index contributed by atoms with van der Waals surface area (Å²) in [5.41, 5.74) is 2.60. The van der Waals surface area contributed by atoms with E-state index in [4.69, 9.17) is 10.6 Å². The number of guanidine groups is 1. The summed E-state index contributed by atoms with van der Waals surface area (Å²) in [6.07, 6.45) is 4.88. The number of hydrazine groups is 1. The maximum Gasteiger partial charge on any atom is 0.206 e. The van der Waals surface area contributed by atoms with Gasteiger partial charge in [0.05, 0.1) is 12.1 Å². The zero-order valence-corrected chi connectivity index (χ0v) is 8.49. The summed E-state index contributed by atoms with van der Waals surface area (Å²) >= 11 is 0. The van der Waals surface area contributed by atoms with Gasteiger partial charge in [-0.3, -0.25) is 5.43 Å². The number of hydrogen-bond donors (Lipinski definition) is 3. The lowest BCUT2D eigenvalue weighted by Crippen LogP contribution is -2.53. The molecule has 0 spiro atoms. The molecule has 2 saturated carbocycles. The summed E-state index contributed by atoms with van der Waals surface area (Å²) in [6, 6.07) is 0.959. The second kappa shape index (κ2) is 4.14. The minimum atomic E-state index is 0.410. The van der Waals surface area contributed by atoms with Gasteiger partial charge in [-0.2, -0.15) is 0 Å². The molecule has 0 saturated heterocycles. The predicted octanol–water partition coefficient (Wildman–Crippen LogP) is -0.265. The molecule has 5 heteroatoms. The van der Waals surface area contributed by atoms with Crippen LogP contribution in [0, 0.1) is 0 Å². The molecule has 5 nitrogen and oxygen atoms in total. The van der Waals surface area contributed by atoms with Gasteiger partial charge in [-0.1, -0.05) is 0 Å². The zero-order chi connectivity index (χ0) is 9.97. The summed E-state index contributed by atoms with van der Waals surface area (Å²) in [5.74, 6) is 6.10. The third-order valence-electron chi connectivity index (χ3n) is 2.76. The highest BCUT2D eigenvalue weighted by Crippen LogP contribution is 2.24. The number of rotatable bonds is 3. The molecule has 0 radical (unpaired) electrons. The Labute approximate surface area is 84.1 Å². The minimum Gasteiger partial charge on any atom is -0.381 e. The van der Waals surface area contributed by atoms with E-state index in [1.807, 2.05) is 0 Å². The van der Waals surface area contributed by atoms with Gasteiger partial charge in [-0.15, -0.1) is 0 Å². The Morgan fingerprint density at radius 2 is 2.14 bits per heavy atom. The first-order chi connectivity index (χ1) is 6.81. The van der Waals surface area contributed by atoms with Crippen LogP contribution in [-0.2, 0) is 4.74 Å². The molecular weight excluding hydrogens is 180 g/mol. The molecule has 0 atom stereocenters. The SMILES string of the molecule is COC1CC(NC(=NC2CC2)NN)C1. The standard InChI is InChI=1S/C9H18N4O/c1-14-8-4-7(5-8)12-9(13-10)11-6-2-3-6/h6-8H,2-5,10H2,1H3,(H2,11,12,13). The van der Waals surface area contributed by atoms with Crippen LogP contribution in [0.25, 0.3) is 0 Å². The number of methoxy groups -OCH3 is 1. The van der Waals surface area contributed by atoms with Gasteiger partial charge in [0.25, 0.3) is 0 Å². The maximum atomic E-state index is 5.37. The summed E-state index contributed by atoms with van der Waals surface area (Å²) < 4.78 is 5.19. The predicted molar refractivity (Wildman–Crippen MR) is 54.7 cm³/mol. The average molecular weight is 198 g/mol. The molecular formula is C9H18N4O. The largest absolute Gasteiger partial charge is 0.381 e. The zero-order valence-electron chi connectivity index (χ0n) is 8.49. The van der Waals surface area contributed by atoms with Crippen molar-refractivity contribution in [2.24, 2.45) is 10.8 Å². The molecule has 0 heterocycles. The highest BCUT2D eigenvalue weighted by Gasteiger charge is 2.30. The van der Waals surface area contributed by atoms with E-state index in [2.05, 4.69) is 15.7 Å². The van der Waals surface area contributed by atoms with E-state index in [9.17, 15) is 0 Å². The normalized spacial score (nSPS) is 32.3. The summed E-state index contributed by atoms with van der Waals surface area (Å²) in [6.45, 7) is 0. The molecule has 0 bridgehead atoms. The second-order valence-corrected chi connectivity index (χ2v) is 4.02. The highest BCUT2D eigenvalue weighted by atomic mass is 16.5. The lowest BCUT2D eigenvalue weighted by Gasteiger charge is -2.35. The Morgan fingerprint density at radius 3 is 2.64 bits per heavy atom. The Morgan fingerprint density at radius 1 is 1.43 bits per heavy atom. The van der Waals surface area contributed by atoms with E-state index in [-0.39, 0.29) is 0 Å². The van der Waals surface area contributed by atoms with E-state index in [1.54, 1.807) is 7.11 Å². The molecule has 0 aromatic rings. The van der Waals surface area contributed by atoms with Crippen LogP contribution in [0.15, 0.2) is 4.99 Å². The first kappa shape index (κ1) is 9.73. The van der Waals surface area contributed by atoms with Crippen LogP contribution in [0.4, 0.5) is 0 Å². The lowest BCUT2D eigenvalue weighted by atomic mass is 9.89. The van der Waals surface area contributed by atoms with Crippen LogP contribution < -0.4 is 16.6 Å². The van der Waals surface area contributed by atoms with Crippen molar-refractivity contribution < 1.29 is 4.74 Å².